The first-order valence-electron chi connectivity index (χ1n) is 10.0. The highest BCUT2D eigenvalue weighted by atomic mass is 16.5. The molecule has 1 atom stereocenters. The number of carbonyl (C=O) groups excluding carboxylic acids is 2. The SMILES string of the molecule is Cc1cn(C(=O)CCCCCOC(=O)C(C)(CC(C)C)C(C)C)c(=O)[nH]c1=O. The Balaban J connectivity index is 2.42. The summed E-state index contributed by atoms with van der Waals surface area (Å²) < 4.78 is 6.43. The Hall–Kier alpha value is -2.18. The van der Waals surface area contributed by atoms with Crippen molar-refractivity contribution in [3.05, 3.63) is 32.6 Å². The molecule has 0 aliphatic carbocycles. The summed E-state index contributed by atoms with van der Waals surface area (Å²) in [5, 5.41) is 0. The van der Waals surface area contributed by atoms with Gasteiger partial charge in [0.2, 0.25) is 5.91 Å². The second-order valence-electron chi connectivity index (χ2n) is 8.45. The van der Waals surface area contributed by atoms with Crippen molar-refractivity contribution in [1.82, 2.24) is 9.55 Å². The monoisotopic (exact) mass is 394 g/mol. The smallest absolute Gasteiger partial charge is 0.335 e. The maximum absolute atomic E-state index is 12.5. The molecular weight excluding hydrogens is 360 g/mol. The number of ether oxygens (including phenoxy) is 1. The molecule has 1 aromatic heterocycles. The van der Waals surface area contributed by atoms with Gasteiger partial charge in [-0.1, -0.05) is 27.7 Å². The quantitative estimate of drug-likeness (QED) is 0.485. The first kappa shape index (κ1) is 23.9. The van der Waals surface area contributed by atoms with Gasteiger partial charge in [-0.3, -0.25) is 19.4 Å². The van der Waals surface area contributed by atoms with Crippen LogP contribution in [-0.2, 0) is 9.53 Å². The van der Waals surface area contributed by atoms with Crippen molar-refractivity contribution < 1.29 is 14.3 Å². The summed E-state index contributed by atoms with van der Waals surface area (Å²) in [4.78, 5) is 49.8. The molecule has 0 aromatic carbocycles. The summed E-state index contributed by atoms with van der Waals surface area (Å²) in [6, 6.07) is 0. The van der Waals surface area contributed by atoms with E-state index in [1.165, 1.54) is 6.20 Å². The fraction of sp³-hybridized carbons (Fsp3) is 0.714. The van der Waals surface area contributed by atoms with Gasteiger partial charge in [0.05, 0.1) is 12.0 Å². The third-order valence-corrected chi connectivity index (χ3v) is 5.23. The molecule has 0 amide bonds. The van der Waals surface area contributed by atoms with Crippen LogP contribution in [0.15, 0.2) is 15.8 Å². The molecule has 1 unspecified atom stereocenters. The predicted octanol–water partition coefficient (Wildman–Crippen LogP) is 3.30. The summed E-state index contributed by atoms with van der Waals surface area (Å²) in [6.07, 6.45) is 4.19. The zero-order chi connectivity index (χ0) is 21.5. The fourth-order valence-corrected chi connectivity index (χ4v) is 3.16. The lowest BCUT2D eigenvalue weighted by atomic mass is 9.73. The van der Waals surface area contributed by atoms with Gasteiger partial charge in [-0.2, -0.15) is 0 Å². The van der Waals surface area contributed by atoms with Crippen molar-refractivity contribution in [2.24, 2.45) is 17.3 Å². The molecule has 0 radical (unpaired) electrons. The molecule has 1 aromatic rings. The van der Waals surface area contributed by atoms with E-state index in [-0.39, 0.29) is 24.2 Å². The molecule has 0 bridgehead atoms. The zero-order valence-electron chi connectivity index (χ0n) is 18.0. The zero-order valence-corrected chi connectivity index (χ0v) is 18.0. The van der Waals surface area contributed by atoms with Crippen LogP contribution in [0.5, 0.6) is 0 Å². The van der Waals surface area contributed by atoms with Crippen LogP contribution in [0.25, 0.3) is 0 Å². The van der Waals surface area contributed by atoms with Crippen LogP contribution < -0.4 is 11.2 Å². The second-order valence-corrected chi connectivity index (χ2v) is 8.45. The maximum atomic E-state index is 12.5. The van der Waals surface area contributed by atoms with E-state index in [1.807, 2.05) is 20.8 Å². The number of hydrogen-bond acceptors (Lipinski definition) is 5. The minimum Gasteiger partial charge on any atom is -0.465 e. The van der Waals surface area contributed by atoms with Gasteiger partial charge in [0.1, 0.15) is 0 Å². The maximum Gasteiger partial charge on any atom is 0.335 e. The minimum absolute atomic E-state index is 0.164. The number of esters is 1. The van der Waals surface area contributed by atoms with E-state index in [0.29, 0.717) is 37.4 Å². The molecule has 0 saturated carbocycles. The Labute approximate surface area is 166 Å². The second kappa shape index (κ2) is 10.4. The van der Waals surface area contributed by atoms with E-state index in [4.69, 9.17) is 4.74 Å². The molecule has 7 nitrogen and oxygen atoms in total. The number of aromatic nitrogens is 2. The fourth-order valence-electron chi connectivity index (χ4n) is 3.16. The Bertz CT molecular complexity index is 791. The standard InChI is InChI=1S/C21H34N2O5/c1-14(2)12-21(6,15(3)4)19(26)28-11-9-7-8-10-17(24)23-13-16(5)18(25)22-20(23)27/h13-15H,7-12H2,1-6H3,(H,22,25,27). The lowest BCUT2D eigenvalue weighted by Gasteiger charge is -2.32. The summed E-state index contributed by atoms with van der Waals surface area (Å²) in [5.74, 6) is 0.0817. The van der Waals surface area contributed by atoms with Crippen molar-refractivity contribution in [2.75, 3.05) is 6.61 Å². The number of carbonyl (C=O) groups is 2. The minimum atomic E-state index is -0.715. The van der Waals surface area contributed by atoms with Crippen LogP contribution in [0.3, 0.4) is 0 Å². The molecule has 0 aliphatic heterocycles. The van der Waals surface area contributed by atoms with Gasteiger partial charge in [0.15, 0.2) is 0 Å². The lowest BCUT2D eigenvalue weighted by Crippen LogP contribution is -2.36. The van der Waals surface area contributed by atoms with Crippen LogP contribution >= 0.6 is 0 Å². The number of aromatic amines is 1. The molecule has 158 valence electrons. The largest absolute Gasteiger partial charge is 0.465 e. The number of hydrogen-bond donors (Lipinski definition) is 1. The molecule has 7 heteroatoms. The number of nitrogens with one attached hydrogen (secondary N) is 1. The van der Waals surface area contributed by atoms with E-state index >= 15 is 0 Å². The van der Waals surface area contributed by atoms with Crippen molar-refractivity contribution in [1.29, 1.82) is 0 Å². The van der Waals surface area contributed by atoms with Gasteiger partial charge in [-0.15, -0.1) is 0 Å². The van der Waals surface area contributed by atoms with Crippen molar-refractivity contribution in [3.63, 3.8) is 0 Å². The van der Waals surface area contributed by atoms with Crippen LogP contribution in [-0.4, -0.2) is 28.0 Å². The van der Waals surface area contributed by atoms with Crippen LogP contribution in [0, 0.1) is 24.2 Å². The Morgan fingerprint density at radius 2 is 1.79 bits per heavy atom. The third-order valence-electron chi connectivity index (χ3n) is 5.23. The summed E-state index contributed by atoms with van der Waals surface area (Å²) in [7, 11) is 0. The summed E-state index contributed by atoms with van der Waals surface area (Å²) >= 11 is 0. The predicted molar refractivity (Wildman–Crippen MR) is 109 cm³/mol. The van der Waals surface area contributed by atoms with E-state index in [0.717, 1.165) is 11.0 Å². The van der Waals surface area contributed by atoms with E-state index < -0.39 is 16.7 Å². The van der Waals surface area contributed by atoms with Crippen LogP contribution in [0.4, 0.5) is 0 Å². The lowest BCUT2D eigenvalue weighted by molar-refractivity contribution is -0.159. The van der Waals surface area contributed by atoms with E-state index in [1.54, 1.807) is 6.92 Å². The molecule has 0 spiro atoms. The van der Waals surface area contributed by atoms with E-state index in [2.05, 4.69) is 18.8 Å². The number of aryl methyl sites for hydroxylation is 1. The molecule has 0 saturated heterocycles. The third kappa shape index (κ3) is 6.46. The van der Waals surface area contributed by atoms with Gasteiger partial charge in [0.25, 0.3) is 5.56 Å². The number of unbranched alkanes of at least 4 members (excludes halogenated alkanes) is 2. The first-order valence-corrected chi connectivity index (χ1v) is 10.0. The molecular formula is C21H34N2O5. The highest BCUT2D eigenvalue weighted by Gasteiger charge is 2.38. The first-order chi connectivity index (χ1) is 13.0. The Morgan fingerprint density at radius 1 is 1.14 bits per heavy atom. The van der Waals surface area contributed by atoms with Crippen molar-refractivity contribution in [2.45, 2.75) is 73.6 Å². The molecule has 0 fully saturated rings. The molecule has 1 heterocycles. The summed E-state index contributed by atoms with van der Waals surface area (Å²) in [5.41, 5.74) is -1.38. The molecule has 1 rings (SSSR count). The van der Waals surface area contributed by atoms with Crippen LogP contribution in [0.1, 0.15) is 77.1 Å². The number of nitrogens with zero attached hydrogens (tertiary/aromatic N) is 1. The Kier molecular flexibility index (Phi) is 8.85. The van der Waals surface area contributed by atoms with E-state index in [9.17, 15) is 19.2 Å². The van der Waals surface area contributed by atoms with Crippen molar-refractivity contribution >= 4 is 11.9 Å². The Morgan fingerprint density at radius 3 is 2.36 bits per heavy atom. The number of rotatable bonds is 10. The molecule has 1 N–H and O–H groups in total. The van der Waals surface area contributed by atoms with Gasteiger partial charge in [-0.25, -0.2) is 9.36 Å². The summed E-state index contributed by atoms with van der Waals surface area (Å²) in [6.45, 7) is 12.1. The molecule has 0 aliphatic rings. The van der Waals surface area contributed by atoms with Gasteiger partial charge in [0, 0.05) is 18.2 Å². The topological polar surface area (TPSA) is 98.2 Å². The van der Waals surface area contributed by atoms with Gasteiger partial charge in [-0.05, 0) is 51.4 Å². The molecule has 28 heavy (non-hydrogen) atoms. The van der Waals surface area contributed by atoms with Gasteiger partial charge >= 0.3 is 11.7 Å². The average Bonchev–Trinajstić information content (AvgIpc) is 2.59. The normalized spacial score (nSPS) is 13.6. The average molecular weight is 395 g/mol. The van der Waals surface area contributed by atoms with Crippen molar-refractivity contribution in [3.8, 4) is 0 Å². The van der Waals surface area contributed by atoms with Crippen LogP contribution in [0.2, 0.25) is 0 Å². The number of H-pyrrole nitrogens is 1. The highest BCUT2D eigenvalue weighted by Crippen LogP contribution is 2.35. The van der Waals surface area contributed by atoms with Gasteiger partial charge < -0.3 is 4.74 Å². The highest BCUT2D eigenvalue weighted by molar-refractivity contribution is 5.78.